The number of imidazole rings is 1. The van der Waals surface area contributed by atoms with Gasteiger partial charge >= 0.3 is 0 Å². The lowest BCUT2D eigenvalue weighted by Gasteiger charge is -2.09. The summed E-state index contributed by atoms with van der Waals surface area (Å²) in [6.45, 7) is 1.92. The molecule has 0 aliphatic rings. The number of aromatic nitrogens is 2. The van der Waals surface area contributed by atoms with E-state index in [1.165, 1.54) is 6.08 Å². The Labute approximate surface area is 99.2 Å². The van der Waals surface area contributed by atoms with Gasteiger partial charge in [-0.05, 0) is 30.7 Å². The number of halogens is 1. The average Bonchev–Trinajstić information content (AvgIpc) is 2.76. The largest absolute Gasteiger partial charge is 0.495 e. The van der Waals surface area contributed by atoms with E-state index in [4.69, 9.17) is 4.74 Å². The molecule has 0 amide bonds. The third-order valence-electron chi connectivity index (χ3n) is 2.45. The SMILES string of the molecule is COc1cc(/C=C\F)ccc1-n1cnc(C)c1. The molecule has 0 spiro atoms. The van der Waals surface area contributed by atoms with Crippen LogP contribution in [0.5, 0.6) is 5.75 Å². The summed E-state index contributed by atoms with van der Waals surface area (Å²) in [6, 6.07) is 5.47. The van der Waals surface area contributed by atoms with E-state index in [9.17, 15) is 4.39 Å². The summed E-state index contributed by atoms with van der Waals surface area (Å²) in [5.41, 5.74) is 2.56. The van der Waals surface area contributed by atoms with Crippen molar-refractivity contribution in [2.24, 2.45) is 0 Å². The van der Waals surface area contributed by atoms with Crippen LogP contribution in [-0.2, 0) is 0 Å². The molecule has 88 valence electrons. The lowest BCUT2D eigenvalue weighted by Crippen LogP contribution is -1.95. The maximum atomic E-state index is 12.1. The summed E-state index contributed by atoms with van der Waals surface area (Å²) in [6.07, 6.45) is 5.52. The smallest absolute Gasteiger partial charge is 0.143 e. The van der Waals surface area contributed by atoms with E-state index < -0.39 is 0 Å². The molecular formula is C13H13FN2O. The predicted molar refractivity (Wildman–Crippen MR) is 65.0 cm³/mol. The monoisotopic (exact) mass is 232 g/mol. The fourth-order valence-electron chi connectivity index (χ4n) is 1.64. The maximum Gasteiger partial charge on any atom is 0.143 e. The lowest BCUT2D eigenvalue weighted by molar-refractivity contribution is 0.413. The van der Waals surface area contributed by atoms with Gasteiger partial charge in [-0.25, -0.2) is 9.37 Å². The van der Waals surface area contributed by atoms with Gasteiger partial charge in [-0.1, -0.05) is 6.07 Å². The third-order valence-corrected chi connectivity index (χ3v) is 2.45. The number of hydrogen-bond donors (Lipinski definition) is 0. The van der Waals surface area contributed by atoms with Crippen LogP contribution >= 0.6 is 0 Å². The number of benzene rings is 1. The second kappa shape index (κ2) is 4.82. The van der Waals surface area contributed by atoms with Crippen LogP contribution in [0, 0.1) is 6.92 Å². The Bertz CT molecular complexity index is 546. The molecule has 2 rings (SSSR count). The Hall–Kier alpha value is -2.10. The molecule has 1 heterocycles. The van der Waals surface area contributed by atoms with Crippen molar-refractivity contribution in [3.05, 3.63) is 48.3 Å². The second-order valence-corrected chi connectivity index (χ2v) is 3.65. The standard InChI is InChI=1S/C13H13FN2O/c1-10-8-16(9-15-10)12-4-3-11(5-6-14)7-13(12)17-2/h3-9H,1-2H3/b6-5-. The normalized spacial score (nSPS) is 11.0. The molecule has 2 aromatic rings. The van der Waals surface area contributed by atoms with Gasteiger partial charge in [-0.2, -0.15) is 0 Å². The molecule has 3 nitrogen and oxygen atoms in total. The highest BCUT2D eigenvalue weighted by Gasteiger charge is 2.06. The highest BCUT2D eigenvalue weighted by molar-refractivity contribution is 5.57. The molecule has 4 heteroatoms. The molecule has 17 heavy (non-hydrogen) atoms. The fourth-order valence-corrected chi connectivity index (χ4v) is 1.64. The molecule has 0 saturated heterocycles. The molecule has 1 aromatic carbocycles. The van der Waals surface area contributed by atoms with Crippen molar-refractivity contribution < 1.29 is 9.13 Å². The molecule has 1 aromatic heterocycles. The molecule has 0 bridgehead atoms. The van der Waals surface area contributed by atoms with Crippen LogP contribution < -0.4 is 4.74 Å². The first-order valence-corrected chi connectivity index (χ1v) is 5.20. The van der Waals surface area contributed by atoms with E-state index in [1.54, 1.807) is 19.5 Å². The summed E-state index contributed by atoms with van der Waals surface area (Å²) in [5.74, 6) is 0.679. The van der Waals surface area contributed by atoms with E-state index in [0.29, 0.717) is 12.1 Å². The van der Waals surface area contributed by atoms with E-state index in [-0.39, 0.29) is 0 Å². The van der Waals surface area contributed by atoms with Crippen molar-refractivity contribution in [1.82, 2.24) is 9.55 Å². The van der Waals surface area contributed by atoms with Crippen LogP contribution in [0.3, 0.4) is 0 Å². The van der Waals surface area contributed by atoms with Crippen molar-refractivity contribution in [1.29, 1.82) is 0 Å². The molecule has 0 aliphatic heterocycles. The van der Waals surface area contributed by atoms with Crippen molar-refractivity contribution >= 4 is 6.08 Å². The Balaban J connectivity index is 2.47. The summed E-state index contributed by atoms with van der Waals surface area (Å²) < 4.78 is 19.3. The highest BCUT2D eigenvalue weighted by Crippen LogP contribution is 2.25. The molecule has 0 unspecified atom stereocenters. The first-order chi connectivity index (χ1) is 8.24. The van der Waals surface area contributed by atoms with Crippen molar-refractivity contribution in [3.8, 4) is 11.4 Å². The van der Waals surface area contributed by atoms with Crippen LogP contribution in [0.15, 0.2) is 37.1 Å². The van der Waals surface area contributed by atoms with E-state index in [0.717, 1.165) is 16.9 Å². The van der Waals surface area contributed by atoms with Crippen LogP contribution in [0.2, 0.25) is 0 Å². The van der Waals surface area contributed by atoms with Gasteiger partial charge in [0.1, 0.15) is 5.75 Å². The van der Waals surface area contributed by atoms with Gasteiger partial charge in [0, 0.05) is 6.20 Å². The number of aryl methyl sites for hydroxylation is 1. The highest BCUT2D eigenvalue weighted by atomic mass is 19.1. The van der Waals surface area contributed by atoms with Gasteiger partial charge < -0.3 is 9.30 Å². The van der Waals surface area contributed by atoms with Crippen LogP contribution in [0.1, 0.15) is 11.3 Å². The second-order valence-electron chi connectivity index (χ2n) is 3.65. The van der Waals surface area contributed by atoms with E-state index >= 15 is 0 Å². The third kappa shape index (κ3) is 2.36. The molecule has 0 saturated carbocycles. The zero-order chi connectivity index (χ0) is 12.3. The minimum atomic E-state index is 0.510. The van der Waals surface area contributed by atoms with Crippen LogP contribution in [-0.4, -0.2) is 16.7 Å². The Kier molecular flexibility index (Phi) is 3.23. The van der Waals surface area contributed by atoms with E-state index in [2.05, 4.69) is 4.98 Å². The first-order valence-electron chi connectivity index (χ1n) is 5.20. The molecule has 0 aliphatic carbocycles. The zero-order valence-corrected chi connectivity index (χ0v) is 9.72. The number of ether oxygens (including phenoxy) is 1. The van der Waals surface area contributed by atoms with Gasteiger partial charge in [0.2, 0.25) is 0 Å². The maximum absolute atomic E-state index is 12.1. The van der Waals surface area contributed by atoms with Gasteiger partial charge in [0.15, 0.2) is 0 Å². The van der Waals surface area contributed by atoms with Crippen molar-refractivity contribution in [2.45, 2.75) is 6.92 Å². The lowest BCUT2D eigenvalue weighted by atomic mass is 10.2. The molecule has 0 N–H and O–H groups in total. The van der Waals surface area contributed by atoms with E-state index in [1.807, 2.05) is 29.8 Å². The Morgan fingerprint density at radius 3 is 2.82 bits per heavy atom. The molecule has 0 fully saturated rings. The number of methoxy groups -OCH3 is 1. The minimum Gasteiger partial charge on any atom is -0.495 e. The summed E-state index contributed by atoms with van der Waals surface area (Å²) in [5, 5.41) is 0. The van der Waals surface area contributed by atoms with Crippen LogP contribution in [0.25, 0.3) is 11.8 Å². The summed E-state index contributed by atoms with van der Waals surface area (Å²) >= 11 is 0. The minimum absolute atomic E-state index is 0.510. The number of nitrogens with zero attached hydrogens (tertiary/aromatic N) is 2. The van der Waals surface area contributed by atoms with Crippen molar-refractivity contribution in [3.63, 3.8) is 0 Å². The van der Waals surface area contributed by atoms with Crippen molar-refractivity contribution in [2.75, 3.05) is 7.11 Å². The van der Waals surface area contributed by atoms with Gasteiger partial charge in [0.05, 0.1) is 31.1 Å². The van der Waals surface area contributed by atoms with Gasteiger partial charge in [0.25, 0.3) is 0 Å². The number of hydrogen-bond acceptors (Lipinski definition) is 2. The molecule has 0 atom stereocenters. The zero-order valence-electron chi connectivity index (χ0n) is 9.72. The topological polar surface area (TPSA) is 27.1 Å². The Morgan fingerprint density at radius 2 is 2.24 bits per heavy atom. The van der Waals surface area contributed by atoms with Gasteiger partial charge in [-0.3, -0.25) is 0 Å². The van der Waals surface area contributed by atoms with Crippen LogP contribution in [0.4, 0.5) is 4.39 Å². The quantitative estimate of drug-likeness (QED) is 0.813. The molecule has 0 radical (unpaired) electrons. The average molecular weight is 232 g/mol. The fraction of sp³-hybridized carbons (Fsp3) is 0.154. The first kappa shape index (κ1) is 11.4. The Morgan fingerprint density at radius 1 is 1.41 bits per heavy atom. The number of rotatable bonds is 3. The predicted octanol–water partition coefficient (Wildman–Crippen LogP) is 3.13. The summed E-state index contributed by atoms with van der Waals surface area (Å²) in [7, 11) is 1.59. The summed E-state index contributed by atoms with van der Waals surface area (Å²) in [4.78, 5) is 4.16. The molecular weight excluding hydrogens is 219 g/mol. The van der Waals surface area contributed by atoms with Gasteiger partial charge in [-0.15, -0.1) is 0 Å².